The summed E-state index contributed by atoms with van der Waals surface area (Å²) in [5.74, 6) is -0.699. The Morgan fingerprint density at radius 1 is 1.19 bits per heavy atom. The van der Waals surface area contributed by atoms with Crippen molar-refractivity contribution in [1.82, 2.24) is 14.8 Å². The second kappa shape index (κ2) is 6.79. The third-order valence-electron chi connectivity index (χ3n) is 4.53. The second-order valence-corrected chi connectivity index (χ2v) is 6.51. The van der Waals surface area contributed by atoms with Gasteiger partial charge in [-0.2, -0.15) is 5.10 Å². The van der Waals surface area contributed by atoms with E-state index in [0.717, 1.165) is 28.3 Å². The SMILES string of the molecule is CCCn1nc(NC(=O)c2ccccc2F)c2cc3cccc(C)c3nc21. The first kappa shape index (κ1) is 17.1. The molecule has 5 nitrogen and oxygen atoms in total. The van der Waals surface area contributed by atoms with Gasteiger partial charge in [-0.1, -0.05) is 37.3 Å². The summed E-state index contributed by atoms with van der Waals surface area (Å²) in [6.07, 6.45) is 0.880. The van der Waals surface area contributed by atoms with E-state index in [1.54, 1.807) is 16.8 Å². The molecule has 4 rings (SSSR count). The molecular weight excluding hydrogens is 343 g/mol. The zero-order valence-electron chi connectivity index (χ0n) is 15.2. The number of amides is 1. The molecule has 1 N–H and O–H groups in total. The lowest BCUT2D eigenvalue weighted by atomic mass is 10.1. The quantitative estimate of drug-likeness (QED) is 0.573. The predicted molar refractivity (Wildman–Crippen MR) is 104 cm³/mol. The number of fused-ring (bicyclic) bond motifs is 2. The second-order valence-electron chi connectivity index (χ2n) is 6.51. The van der Waals surface area contributed by atoms with Crippen molar-refractivity contribution in [3.05, 3.63) is 65.5 Å². The molecule has 0 saturated carbocycles. The highest BCUT2D eigenvalue weighted by Gasteiger charge is 2.18. The largest absolute Gasteiger partial charge is 0.304 e. The first-order valence-corrected chi connectivity index (χ1v) is 8.91. The number of halogens is 1. The van der Waals surface area contributed by atoms with Gasteiger partial charge in [0, 0.05) is 11.9 Å². The molecule has 0 radical (unpaired) electrons. The van der Waals surface area contributed by atoms with Gasteiger partial charge in [0.05, 0.1) is 16.5 Å². The van der Waals surface area contributed by atoms with Crippen molar-refractivity contribution >= 4 is 33.7 Å². The number of carbonyl (C=O) groups is 1. The minimum absolute atomic E-state index is 0.0136. The lowest BCUT2D eigenvalue weighted by molar-refractivity contribution is 0.102. The summed E-state index contributed by atoms with van der Waals surface area (Å²) in [5, 5.41) is 8.99. The van der Waals surface area contributed by atoms with Crippen LogP contribution in [0.2, 0.25) is 0 Å². The highest BCUT2D eigenvalue weighted by molar-refractivity contribution is 6.09. The van der Waals surface area contributed by atoms with E-state index in [9.17, 15) is 9.18 Å². The highest BCUT2D eigenvalue weighted by Crippen LogP contribution is 2.28. The number of para-hydroxylation sites is 1. The molecule has 6 heteroatoms. The van der Waals surface area contributed by atoms with E-state index >= 15 is 0 Å². The number of hydrogen-bond donors (Lipinski definition) is 1. The van der Waals surface area contributed by atoms with Crippen LogP contribution in [0.4, 0.5) is 10.2 Å². The van der Waals surface area contributed by atoms with Gasteiger partial charge < -0.3 is 5.32 Å². The maximum Gasteiger partial charge on any atom is 0.259 e. The fourth-order valence-corrected chi connectivity index (χ4v) is 3.21. The van der Waals surface area contributed by atoms with Crippen LogP contribution in [-0.2, 0) is 6.54 Å². The van der Waals surface area contributed by atoms with Gasteiger partial charge in [0.2, 0.25) is 0 Å². The van der Waals surface area contributed by atoms with E-state index in [-0.39, 0.29) is 5.56 Å². The smallest absolute Gasteiger partial charge is 0.259 e. The van der Waals surface area contributed by atoms with Crippen molar-refractivity contribution < 1.29 is 9.18 Å². The molecule has 0 aliphatic carbocycles. The Morgan fingerprint density at radius 2 is 2.00 bits per heavy atom. The van der Waals surface area contributed by atoms with Gasteiger partial charge in [-0.15, -0.1) is 0 Å². The Morgan fingerprint density at radius 3 is 2.78 bits per heavy atom. The standard InChI is InChI=1S/C21H19FN4O/c1-3-11-26-20-16(12-14-8-6-7-13(2)18(14)23-20)19(25-26)24-21(27)15-9-4-5-10-17(15)22/h4-10,12H,3,11H2,1-2H3,(H,24,25,27). The van der Waals surface area contributed by atoms with Crippen molar-refractivity contribution in [2.75, 3.05) is 5.32 Å². The Hall–Kier alpha value is -3.28. The molecule has 0 aliphatic rings. The number of nitrogens with one attached hydrogen (secondary N) is 1. The third kappa shape index (κ3) is 3.03. The summed E-state index contributed by atoms with van der Waals surface area (Å²) in [6.45, 7) is 4.75. The van der Waals surface area contributed by atoms with Crippen LogP contribution in [0, 0.1) is 12.7 Å². The molecule has 0 atom stereocenters. The molecule has 0 aliphatic heterocycles. The molecule has 0 fully saturated rings. The fourth-order valence-electron chi connectivity index (χ4n) is 3.21. The van der Waals surface area contributed by atoms with E-state index in [4.69, 9.17) is 4.98 Å². The number of pyridine rings is 1. The van der Waals surface area contributed by atoms with Gasteiger partial charge in [-0.3, -0.25) is 4.79 Å². The number of nitrogens with zero attached hydrogens (tertiary/aromatic N) is 3. The summed E-state index contributed by atoms with van der Waals surface area (Å²) < 4.78 is 15.7. The normalized spacial score (nSPS) is 11.2. The van der Waals surface area contributed by atoms with E-state index in [2.05, 4.69) is 17.3 Å². The average molecular weight is 362 g/mol. The fraction of sp³-hybridized carbons (Fsp3) is 0.190. The van der Waals surface area contributed by atoms with Crippen molar-refractivity contribution in [1.29, 1.82) is 0 Å². The van der Waals surface area contributed by atoms with Crippen LogP contribution in [0.3, 0.4) is 0 Å². The predicted octanol–water partition coefficient (Wildman–Crippen LogP) is 4.69. The Balaban J connectivity index is 1.85. The van der Waals surface area contributed by atoms with E-state index in [0.29, 0.717) is 18.0 Å². The van der Waals surface area contributed by atoms with Crippen LogP contribution in [0.1, 0.15) is 29.3 Å². The molecule has 2 aromatic heterocycles. The minimum Gasteiger partial charge on any atom is -0.304 e. The van der Waals surface area contributed by atoms with Crippen LogP contribution in [0.5, 0.6) is 0 Å². The summed E-state index contributed by atoms with van der Waals surface area (Å²) in [6, 6.07) is 13.8. The first-order valence-electron chi connectivity index (χ1n) is 8.91. The molecule has 0 unspecified atom stereocenters. The molecule has 0 bridgehead atoms. The topological polar surface area (TPSA) is 59.8 Å². The molecule has 4 aromatic rings. The number of rotatable bonds is 4. The molecule has 136 valence electrons. The summed E-state index contributed by atoms with van der Waals surface area (Å²) in [5.41, 5.74) is 2.69. The Bertz CT molecular complexity index is 1170. The number of hydrogen-bond acceptors (Lipinski definition) is 3. The lowest BCUT2D eigenvalue weighted by Crippen LogP contribution is -2.14. The zero-order valence-corrected chi connectivity index (χ0v) is 15.2. The molecule has 0 saturated heterocycles. The monoisotopic (exact) mass is 362 g/mol. The maximum absolute atomic E-state index is 13.9. The Labute approximate surface area is 155 Å². The molecule has 1 amide bonds. The van der Waals surface area contributed by atoms with E-state index in [1.165, 1.54) is 12.1 Å². The van der Waals surface area contributed by atoms with Crippen LogP contribution in [-0.4, -0.2) is 20.7 Å². The van der Waals surface area contributed by atoms with Crippen LogP contribution in [0.25, 0.3) is 21.9 Å². The summed E-state index contributed by atoms with van der Waals surface area (Å²) in [4.78, 5) is 17.3. The van der Waals surface area contributed by atoms with Gasteiger partial charge in [0.25, 0.3) is 5.91 Å². The van der Waals surface area contributed by atoms with Crippen molar-refractivity contribution in [3.8, 4) is 0 Å². The average Bonchev–Trinajstić information content (AvgIpc) is 2.98. The molecular formula is C21H19FN4O. The number of benzene rings is 2. The van der Waals surface area contributed by atoms with Gasteiger partial charge >= 0.3 is 0 Å². The highest BCUT2D eigenvalue weighted by atomic mass is 19.1. The van der Waals surface area contributed by atoms with Crippen LogP contribution < -0.4 is 5.32 Å². The number of anilines is 1. The van der Waals surface area contributed by atoms with Crippen molar-refractivity contribution in [2.45, 2.75) is 26.8 Å². The van der Waals surface area contributed by atoms with Gasteiger partial charge in [-0.05, 0) is 37.1 Å². The van der Waals surface area contributed by atoms with E-state index in [1.807, 2.05) is 31.2 Å². The number of aryl methyl sites for hydroxylation is 2. The van der Waals surface area contributed by atoms with Crippen molar-refractivity contribution in [2.24, 2.45) is 0 Å². The van der Waals surface area contributed by atoms with Crippen LogP contribution >= 0.6 is 0 Å². The minimum atomic E-state index is -0.563. The summed E-state index contributed by atoms with van der Waals surface area (Å²) >= 11 is 0. The number of carbonyl (C=O) groups excluding carboxylic acids is 1. The Kier molecular flexibility index (Phi) is 4.32. The van der Waals surface area contributed by atoms with Gasteiger partial charge in [-0.25, -0.2) is 14.1 Å². The zero-order chi connectivity index (χ0) is 19.0. The summed E-state index contributed by atoms with van der Waals surface area (Å²) in [7, 11) is 0. The molecule has 27 heavy (non-hydrogen) atoms. The van der Waals surface area contributed by atoms with E-state index < -0.39 is 11.7 Å². The first-order chi connectivity index (χ1) is 13.1. The molecule has 2 heterocycles. The van der Waals surface area contributed by atoms with Gasteiger partial charge in [0.1, 0.15) is 5.82 Å². The maximum atomic E-state index is 13.9. The van der Waals surface area contributed by atoms with Crippen LogP contribution in [0.15, 0.2) is 48.5 Å². The third-order valence-corrected chi connectivity index (χ3v) is 4.53. The number of aromatic nitrogens is 3. The lowest BCUT2D eigenvalue weighted by Gasteiger charge is -2.05. The molecule has 2 aromatic carbocycles. The van der Waals surface area contributed by atoms with Gasteiger partial charge in [0.15, 0.2) is 11.5 Å². The molecule has 0 spiro atoms. The van der Waals surface area contributed by atoms with Crippen molar-refractivity contribution in [3.63, 3.8) is 0 Å².